The molecule has 0 aromatic carbocycles. The fraction of sp³-hybridized carbons (Fsp3) is 1.00. The molecular formula is C8H18BNO. The van der Waals surface area contributed by atoms with E-state index in [1.807, 2.05) is 0 Å². The summed E-state index contributed by atoms with van der Waals surface area (Å²) in [6.07, 6.45) is 1.33. The Hall–Kier alpha value is -0.0151. The Labute approximate surface area is 70.1 Å². The molecule has 2 atom stereocenters. The van der Waals surface area contributed by atoms with E-state index in [2.05, 4.69) is 20.1 Å². The Kier molecular flexibility index (Phi) is 3.94. The van der Waals surface area contributed by atoms with Crippen molar-refractivity contribution < 1.29 is 4.74 Å². The van der Waals surface area contributed by atoms with Crippen LogP contribution in [0, 0.1) is 5.92 Å². The highest BCUT2D eigenvalue weighted by Gasteiger charge is 2.17. The molecule has 0 saturated carbocycles. The van der Waals surface area contributed by atoms with E-state index < -0.39 is 0 Å². The second kappa shape index (κ2) is 4.78. The molecule has 1 saturated heterocycles. The molecule has 0 radical (unpaired) electrons. The highest BCUT2D eigenvalue weighted by molar-refractivity contribution is 6.11. The molecule has 1 rings (SSSR count). The van der Waals surface area contributed by atoms with Crippen LogP contribution in [0.4, 0.5) is 0 Å². The second-order valence-electron chi connectivity index (χ2n) is 3.52. The van der Waals surface area contributed by atoms with Gasteiger partial charge in [0.15, 0.2) is 0 Å². The van der Waals surface area contributed by atoms with Crippen molar-refractivity contribution in [1.82, 2.24) is 5.32 Å². The summed E-state index contributed by atoms with van der Waals surface area (Å²) in [7, 11) is 2.30. The third-order valence-corrected chi connectivity index (χ3v) is 2.22. The molecule has 1 heterocycles. The first-order valence-electron chi connectivity index (χ1n) is 4.61. The zero-order valence-electron chi connectivity index (χ0n) is 7.60. The predicted molar refractivity (Wildman–Crippen MR) is 49.8 cm³/mol. The van der Waals surface area contributed by atoms with Crippen molar-refractivity contribution >= 4 is 7.85 Å². The van der Waals surface area contributed by atoms with Crippen LogP contribution in [0.15, 0.2) is 0 Å². The minimum absolute atomic E-state index is 0.749. The number of piperidine rings is 1. The lowest BCUT2D eigenvalue weighted by Gasteiger charge is -2.27. The Balaban J connectivity index is 2.12. The monoisotopic (exact) mass is 155 g/mol. The molecule has 64 valence electrons. The Morgan fingerprint density at radius 2 is 2.36 bits per heavy atom. The number of rotatable bonds is 3. The van der Waals surface area contributed by atoms with Gasteiger partial charge in [0, 0.05) is 13.2 Å². The summed E-state index contributed by atoms with van der Waals surface area (Å²) in [5.41, 5.74) is 0. The van der Waals surface area contributed by atoms with Gasteiger partial charge in [0.25, 0.3) is 0 Å². The van der Waals surface area contributed by atoms with Crippen molar-refractivity contribution in [2.75, 3.05) is 26.3 Å². The smallest absolute Gasteiger partial charge is 0.107 e. The molecule has 0 amide bonds. The summed E-state index contributed by atoms with van der Waals surface area (Å²) >= 11 is 0. The van der Waals surface area contributed by atoms with Gasteiger partial charge in [-0.25, -0.2) is 0 Å². The van der Waals surface area contributed by atoms with Gasteiger partial charge >= 0.3 is 0 Å². The molecule has 3 heteroatoms. The molecule has 0 aromatic rings. The van der Waals surface area contributed by atoms with Gasteiger partial charge in [0.05, 0.1) is 6.61 Å². The fourth-order valence-corrected chi connectivity index (χ4v) is 1.68. The van der Waals surface area contributed by atoms with E-state index in [1.165, 1.54) is 13.0 Å². The van der Waals surface area contributed by atoms with E-state index in [4.69, 9.17) is 4.74 Å². The Bertz CT molecular complexity index is 110. The SMILES string of the molecule is BC1CNCC(COCC)C1. The first-order valence-corrected chi connectivity index (χ1v) is 4.61. The van der Waals surface area contributed by atoms with Gasteiger partial charge in [0.2, 0.25) is 0 Å². The molecule has 11 heavy (non-hydrogen) atoms. The second-order valence-corrected chi connectivity index (χ2v) is 3.52. The topological polar surface area (TPSA) is 21.3 Å². The van der Waals surface area contributed by atoms with E-state index in [0.717, 1.165) is 31.5 Å². The van der Waals surface area contributed by atoms with E-state index in [-0.39, 0.29) is 0 Å². The molecule has 1 aliphatic heterocycles. The quantitative estimate of drug-likeness (QED) is 0.581. The van der Waals surface area contributed by atoms with Crippen molar-refractivity contribution in [3.05, 3.63) is 0 Å². The third-order valence-electron chi connectivity index (χ3n) is 2.22. The first kappa shape index (κ1) is 9.08. The first-order chi connectivity index (χ1) is 5.33. The van der Waals surface area contributed by atoms with Crippen LogP contribution in [0.25, 0.3) is 0 Å². The molecule has 1 N–H and O–H groups in total. The molecule has 0 aliphatic carbocycles. The summed E-state index contributed by atoms with van der Waals surface area (Å²) in [5.74, 6) is 1.58. The largest absolute Gasteiger partial charge is 0.381 e. The molecule has 0 aromatic heterocycles. The van der Waals surface area contributed by atoms with Crippen molar-refractivity contribution in [3.63, 3.8) is 0 Å². The van der Waals surface area contributed by atoms with Gasteiger partial charge < -0.3 is 10.1 Å². The number of hydrogen-bond acceptors (Lipinski definition) is 2. The summed E-state index contributed by atoms with van der Waals surface area (Å²) in [6, 6.07) is 0. The van der Waals surface area contributed by atoms with Crippen molar-refractivity contribution in [2.24, 2.45) is 5.92 Å². The van der Waals surface area contributed by atoms with E-state index in [0.29, 0.717) is 0 Å². The van der Waals surface area contributed by atoms with Crippen molar-refractivity contribution in [1.29, 1.82) is 0 Å². The highest BCUT2D eigenvalue weighted by Crippen LogP contribution is 2.17. The predicted octanol–water partition coefficient (Wildman–Crippen LogP) is 0.0540. The van der Waals surface area contributed by atoms with Crippen LogP contribution in [-0.4, -0.2) is 34.1 Å². The minimum atomic E-state index is 0.749. The van der Waals surface area contributed by atoms with Crippen LogP contribution in [-0.2, 0) is 4.74 Å². The van der Waals surface area contributed by atoms with Crippen molar-refractivity contribution in [2.45, 2.75) is 19.2 Å². The van der Waals surface area contributed by atoms with Crippen LogP contribution in [0.2, 0.25) is 5.82 Å². The van der Waals surface area contributed by atoms with Gasteiger partial charge in [-0.1, -0.05) is 12.2 Å². The number of hydrogen-bond donors (Lipinski definition) is 1. The average molecular weight is 155 g/mol. The van der Waals surface area contributed by atoms with Crippen LogP contribution in [0.1, 0.15) is 13.3 Å². The van der Waals surface area contributed by atoms with Gasteiger partial charge in [-0.05, 0) is 19.4 Å². The van der Waals surface area contributed by atoms with Crippen molar-refractivity contribution in [3.8, 4) is 0 Å². The number of ether oxygens (including phenoxy) is 1. The number of nitrogens with one attached hydrogen (secondary N) is 1. The average Bonchev–Trinajstić information content (AvgIpc) is 2.01. The van der Waals surface area contributed by atoms with E-state index >= 15 is 0 Å². The standard InChI is InChI=1S/C8H18BNO/c1-2-11-6-7-3-8(9)5-10-4-7/h7-8,10H,2-6,9H2,1H3. The van der Waals surface area contributed by atoms with Crippen LogP contribution in [0.5, 0.6) is 0 Å². The normalized spacial score (nSPS) is 32.1. The molecule has 1 aliphatic rings. The molecule has 0 bridgehead atoms. The summed E-state index contributed by atoms with van der Waals surface area (Å²) < 4.78 is 5.38. The van der Waals surface area contributed by atoms with E-state index in [9.17, 15) is 0 Å². The molecular weight excluding hydrogens is 137 g/mol. The van der Waals surface area contributed by atoms with Gasteiger partial charge in [0.1, 0.15) is 7.85 Å². The molecule has 0 spiro atoms. The lowest BCUT2D eigenvalue weighted by molar-refractivity contribution is 0.1000. The maximum absolute atomic E-state index is 5.38. The fourth-order valence-electron chi connectivity index (χ4n) is 1.68. The van der Waals surface area contributed by atoms with Crippen LogP contribution >= 0.6 is 0 Å². The Morgan fingerprint density at radius 3 is 3.00 bits per heavy atom. The lowest BCUT2D eigenvalue weighted by Crippen LogP contribution is -2.35. The zero-order chi connectivity index (χ0) is 8.10. The maximum atomic E-state index is 5.38. The summed E-state index contributed by atoms with van der Waals surface area (Å²) in [5, 5.41) is 3.41. The van der Waals surface area contributed by atoms with Gasteiger partial charge in [-0.3, -0.25) is 0 Å². The Morgan fingerprint density at radius 1 is 1.55 bits per heavy atom. The molecule has 1 fully saturated rings. The van der Waals surface area contributed by atoms with Gasteiger partial charge in [-0.15, -0.1) is 0 Å². The van der Waals surface area contributed by atoms with E-state index in [1.54, 1.807) is 0 Å². The van der Waals surface area contributed by atoms with Crippen LogP contribution in [0.3, 0.4) is 0 Å². The maximum Gasteiger partial charge on any atom is 0.107 e. The third kappa shape index (κ3) is 3.26. The molecule has 2 nitrogen and oxygen atoms in total. The highest BCUT2D eigenvalue weighted by atomic mass is 16.5. The van der Waals surface area contributed by atoms with Crippen LogP contribution < -0.4 is 5.32 Å². The van der Waals surface area contributed by atoms with Gasteiger partial charge in [-0.2, -0.15) is 0 Å². The minimum Gasteiger partial charge on any atom is -0.381 e. The summed E-state index contributed by atoms with van der Waals surface area (Å²) in [4.78, 5) is 0. The zero-order valence-corrected chi connectivity index (χ0v) is 7.60. The lowest BCUT2D eigenvalue weighted by atomic mass is 9.77. The molecule has 2 unspecified atom stereocenters. The summed E-state index contributed by atoms with van der Waals surface area (Å²) in [6.45, 7) is 6.17.